The van der Waals surface area contributed by atoms with E-state index in [1.807, 2.05) is 6.92 Å². The maximum Gasteiger partial charge on any atom is 0.418 e. The van der Waals surface area contributed by atoms with Gasteiger partial charge in [0.25, 0.3) is 5.89 Å². The quantitative estimate of drug-likeness (QED) is 0.299. The molecule has 0 atom stereocenters. The lowest BCUT2D eigenvalue weighted by atomic mass is 10.0. The van der Waals surface area contributed by atoms with Crippen molar-refractivity contribution in [2.24, 2.45) is 0 Å². The van der Waals surface area contributed by atoms with Crippen LogP contribution >= 0.6 is 11.6 Å². The Hall–Kier alpha value is -3.84. The molecule has 2 aromatic heterocycles. The number of methoxy groups -OCH3 is 1. The maximum atomic E-state index is 13.8. The number of carbonyl (C=O) groups is 1. The number of alkyl halides is 3. The molecular weight excluding hydrogens is 485 g/mol. The Morgan fingerprint density at radius 1 is 1.26 bits per heavy atom. The first-order valence-electron chi connectivity index (χ1n) is 10.5. The highest BCUT2D eigenvalue weighted by molar-refractivity contribution is 6.33. The third-order valence-corrected chi connectivity index (χ3v) is 5.80. The Bertz CT molecular complexity index is 1470. The zero-order chi connectivity index (χ0) is 25.3. The van der Waals surface area contributed by atoms with Crippen LogP contribution in [0.3, 0.4) is 0 Å². The fourth-order valence-electron chi connectivity index (χ4n) is 3.94. The molecule has 0 saturated carbocycles. The van der Waals surface area contributed by atoms with Gasteiger partial charge in [-0.3, -0.25) is 0 Å². The Morgan fingerprint density at radius 2 is 2.03 bits per heavy atom. The summed E-state index contributed by atoms with van der Waals surface area (Å²) in [6, 6.07) is 10.2. The highest BCUT2D eigenvalue weighted by Gasteiger charge is 2.36. The molecule has 0 aliphatic rings. The summed E-state index contributed by atoms with van der Waals surface area (Å²) in [7, 11) is 1.25. The van der Waals surface area contributed by atoms with Gasteiger partial charge in [0.05, 0.1) is 47.0 Å². The maximum absolute atomic E-state index is 13.8. The van der Waals surface area contributed by atoms with Crippen LogP contribution in [0.2, 0.25) is 5.02 Å². The summed E-state index contributed by atoms with van der Waals surface area (Å²) in [4.78, 5) is 16.2. The van der Waals surface area contributed by atoms with Gasteiger partial charge in [0.15, 0.2) is 5.82 Å². The lowest BCUT2D eigenvalue weighted by Gasteiger charge is -2.11. The van der Waals surface area contributed by atoms with Crippen molar-refractivity contribution in [3.8, 4) is 17.5 Å². The number of nitrogens with zero attached hydrogens (tertiary/aromatic N) is 4. The third kappa shape index (κ3) is 4.59. The van der Waals surface area contributed by atoms with Crippen molar-refractivity contribution in [2.45, 2.75) is 32.5 Å². The minimum atomic E-state index is -4.69. The van der Waals surface area contributed by atoms with E-state index in [9.17, 15) is 23.2 Å². The summed E-state index contributed by atoms with van der Waals surface area (Å²) < 4.78 is 53.2. The molecule has 2 aromatic carbocycles. The number of fused-ring (bicyclic) bond motifs is 1. The molecule has 0 aliphatic heterocycles. The average Bonchev–Trinajstić information content (AvgIpc) is 3.42. The molecule has 4 rings (SSSR count). The Morgan fingerprint density at radius 3 is 2.69 bits per heavy atom. The number of esters is 1. The van der Waals surface area contributed by atoms with Gasteiger partial charge >= 0.3 is 12.1 Å². The molecule has 0 radical (unpaired) electrons. The van der Waals surface area contributed by atoms with E-state index in [2.05, 4.69) is 10.1 Å². The SMILES string of the molecule is CCCc1cc2c(C(F)(F)F)c(C#N)ccc2n1Cc1noc(-c2cc(C(=O)OC)ccc2Cl)n1. The molecule has 4 aromatic rings. The molecule has 0 N–H and O–H groups in total. The molecule has 0 amide bonds. The average molecular weight is 503 g/mol. The molecule has 35 heavy (non-hydrogen) atoms. The summed E-state index contributed by atoms with van der Waals surface area (Å²) >= 11 is 6.25. The van der Waals surface area contributed by atoms with Gasteiger partial charge in [0.2, 0.25) is 0 Å². The Balaban J connectivity index is 1.78. The molecule has 0 saturated heterocycles. The second-order valence-corrected chi connectivity index (χ2v) is 8.11. The van der Waals surface area contributed by atoms with Crippen molar-refractivity contribution in [3.05, 3.63) is 69.6 Å². The van der Waals surface area contributed by atoms with Gasteiger partial charge < -0.3 is 13.8 Å². The normalized spacial score (nSPS) is 11.6. The topological polar surface area (TPSA) is 93.9 Å². The van der Waals surface area contributed by atoms with E-state index in [4.69, 9.17) is 20.9 Å². The molecule has 0 unspecified atom stereocenters. The van der Waals surface area contributed by atoms with E-state index in [0.29, 0.717) is 29.6 Å². The lowest BCUT2D eigenvalue weighted by molar-refractivity contribution is -0.136. The first-order valence-corrected chi connectivity index (χ1v) is 10.9. The van der Waals surface area contributed by atoms with Gasteiger partial charge in [-0.1, -0.05) is 30.1 Å². The van der Waals surface area contributed by atoms with Crippen LogP contribution in [0.15, 0.2) is 40.9 Å². The molecule has 7 nitrogen and oxygen atoms in total. The van der Waals surface area contributed by atoms with Gasteiger partial charge in [0.1, 0.15) is 0 Å². The van der Waals surface area contributed by atoms with Crippen molar-refractivity contribution >= 4 is 28.5 Å². The van der Waals surface area contributed by atoms with Gasteiger partial charge in [-0.15, -0.1) is 0 Å². The smallest absolute Gasteiger partial charge is 0.418 e. The van der Waals surface area contributed by atoms with Crippen LogP contribution in [0, 0.1) is 11.3 Å². The number of rotatable bonds is 6. The summed E-state index contributed by atoms with van der Waals surface area (Å²) in [5.74, 6) is -0.317. The summed E-state index contributed by atoms with van der Waals surface area (Å²) in [5, 5.41) is 13.4. The number of benzene rings is 2. The fraction of sp³-hybridized carbons (Fsp3) is 0.250. The highest BCUT2D eigenvalue weighted by Crippen LogP contribution is 2.39. The second-order valence-electron chi connectivity index (χ2n) is 7.70. The monoisotopic (exact) mass is 502 g/mol. The number of carbonyl (C=O) groups excluding carboxylic acids is 1. The first kappa shape index (κ1) is 24.3. The molecule has 0 bridgehead atoms. The number of hydrogen-bond donors (Lipinski definition) is 0. The molecule has 180 valence electrons. The zero-order valence-corrected chi connectivity index (χ0v) is 19.4. The second kappa shape index (κ2) is 9.43. The number of ether oxygens (including phenoxy) is 1. The standard InChI is InChI=1S/C24H18ClF3N4O3/c1-3-4-15-10-17-19(8-6-14(11-29)21(17)24(26,27)28)32(15)12-20-30-22(35-31-20)16-9-13(23(33)34-2)5-7-18(16)25/h5-10H,3-4,12H2,1-2H3. The van der Waals surface area contributed by atoms with E-state index in [1.54, 1.807) is 10.6 Å². The zero-order valence-electron chi connectivity index (χ0n) is 18.6. The number of halogens is 4. The predicted octanol–water partition coefficient (Wildman–Crippen LogP) is 6.02. The summed E-state index contributed by atoms with van der Waals surface area (Å²) in [5.41, 5.74) is 0.0942. The molecule has 11 heteroatoms. The number of nitriles is 1. The van der Waals surface area contributed by atoms with Crippen LogP contribution in [0.25, 0.3) is 22.4 Å². The minimum Gasteiger partial charge on any atom is -0.465 e. The van der Waals surface area contributed by atoms with E-state index in [0.717, 1.165) is 6.07 Å². The van der Waals surface area contributed by atoms with Gasteiger partial charge in [0, 0.05) is 16.6 Å². The van der Waals surface area contributed by atoms with Crippen LogP contribution in [0.4, 0.5) is 13.2 Å². The lowest BCUT2D eigenvalue weighted by Crippen LogP contribution is -2.09. The van der Waals surface area contributed by atoms with E-state index >= 15 is 0 Å². The van der Waals surface area contributed by atoms with Crippen molar-refractivity contribution in [1.29, 1.82) is 5.26 Å². The predicted molar refractivity (Wildman–Crippen MR) is 121 cm³/mol. The fourth-order valence-corrected chi connectivity index (χ4v) is 4.14. The van der Waals surface area contributed by atoms with E-state index < -0.39 is 23.3 Å². The van der Waals surface area contributed by atoms with Gasteiger partial charge in [-0.25, -0.2) is 4.79 Å². The van der Waals surface area contributed by atoms with Crippen LogP contribution in [0.5, 0.6) is 0 Å². The van der Waals surface area contributed by atoms with E-state index in [-0.39, 0.29) is 34.2 Å². The summed E-state index contributed by atoms with van der Waals surface area (Å²) in [6.45, 7) is 1.94. The van der Waals surface area contributed by atoms with Crippen molar-refractivity contribution < 1.29 is 27.2 Å². The van der Waals surface area contributed by atoms with Crippen molar-refractivity contribution in [2.75, 3.05) is 7.11 Å². The first-order chi connectivity index (χ1) is 16.7. The molecule has 2 heterocycles. The molecule has 0 spiro atoms. The van der Waals surface area contributed by atoms with Crippen molar-refractivity contribution in [1.82, 2.24) is 14.7 Å². The van der Waals surface area contributed by atoms with E-state index in [1.165, 1.54) is 37.4 Å². The number of aryl methyl sites for hydroxylation is 1. The number of aromatic nitrogens is 3. The van der Waals surface area contributed by atoms with Gasteiger partial charge in [-0.05, 0) is 42.8 Å². The molecular formula is C24H18ClF3N4O3. The summed E-state index contributed by atoms with van der Waals surface area (Å²) in [6.07, 6.45) is -3.50. The third-order valence-electron chi connectivity index (χ3n) is 5.47. The Kier molecular flexibility index (Phi) is 6.54. The van der Waals surface area contributed by atoms with Crippen LogP contribution in [-0.4, -0.2) is 27.8 Å². The minimum absolute atomic E-state index is 0.0276. The van der Waals surface area contributed by atoms with Gasteiger partial charge in [-0.2, -0.15) is 23.4 Å². The largest absolute Gasteiger partial charge is 0.465 e. The molecule has 0 fully saturated rings. The van der Waals surface area contributed by atoms with Crippen LogP contribution in [0.1, 0.15) is 46.3 Å². The Labute approximate surface area is 202 Å². The molecule has 0 aliphatic carbocycles. The van der Waals surface area contributed by atoms with Crippen LogP contribution in [-0.2, 0) is 23.9 Å². The number of hydrogen-bond acceptors (Lipinski definition) is 6. The van der Waals surface area contributed by atoms with Crippen LogP contribution < -0.4 is 0 Å². The highest BCUT2D eigenvalue weighted by atomic mass is 35.5. The van der Waals surface area contributed by atoms with Crippen molar-refractivity contribution in [3.63, 3.8) is 0 Å².